The van der Waals surface area contributed by atoms with Crippen molar-refractivity contribution in [2.45, 2.75) is 33.0 Å². The number of aryl methyl sites for hydroxylation is 2. The highest BCUT2D eigenvalue weighted by atomic mass is 16.1. The topological polar surface area (TPSA) is 82.9 Å². The number of benzene rings is 3. The van der Waals surface area contributed by atoms with Crippen LogP contribution in [0.15, 0.2) is 83.7 Å². The van der Waals surface area contributed by atoms with Crippen molar-refractivity contribution in [2.75, 3.05) is 26.2 Å². The molecule has 0 amide bonds. The quantitative estimate of drug-likeness (QED) is 0.349. The van der Waals surface area contributed by atoms with Crippen LogP contribution in [-0.4, -0.2) is 61.2 Å². The van der Waals surface area contributed by atoms with Crippen molar-refractivity contribution in [3.63, 3.8) is 0 Å². The standard InChI is InChI=1S/C31H33N7O/c1-22-17-23(2)28-26(18-22)19-27(31(39)32-28)29(30-33-34-35-38(30)21-25-11-7-4-8-12-25)37-15-13-36(14-16-37)20-24-9-5-3-6-10-24/h3-12,17-19,29H,13-16,20-21H2,1-2H3,(H,32,39)/t29-/m1/s1. The first-order chi connectivity index (χ1) is 19.0. The Hall–Kier alpha value is -4.14. The number of nitrogens with zero attached hydrogens (tertiary/aromatic N) is 6. The minimum atomic E-state index is -0.364. The van der Waals surface area contributed by atoms with Gasteiger partial charge in [0.05, 0.1) is 12.1 Å². The van der Waals surface area contributed by atoms with Crippen molar-refractivity contribution in [1.82, 2.24) is 35.0 Å². The first kappa shape index (κ1) is 25.2. The maximum Gasteiger partial charge on any atom is 0.253 e. The number of fused-ring (bicyclic) bond motifs is 1. The van der Waals surface area contributed by atoms with Gasteiger partial charge in [-0.2, -0.15) is 0 Å². The molecule has 8 nitrogen and oxygen atoms in total. The Morgan fingerprint density at radius 1 is 0.846 bits per heavy atom. The van der Waals surface area contributed by atoms with Crippen LogP contribution in [0.3, 0.4) is 0 Å². The van der Waals surface area contributed by atoms with E-state index in [0.717, 1.165) is 60.3 Å². The van der Waals surface area contributed by atoms with E-state index in [1.807, 2.05) is 35.9 Å². The molecule has 1 aliphatic heterocycles. The van der Waals surface area contributed by atoms with Crippen LogP contribution in [0.2, 0.25) is 0 Å². The maximum absolute atomic E-state index is 13.7. The van der Waals surface area contributed by atoms with Crippen LogP contribution in [0.1, 0.15) is 39.7 Å². The lowest BCUT2D eigenvalue weighted by Gasteiger charge is -2.38. The third kappa shape index (κ3) is 5.39. The van der Waals surface area contributed by atoms with Crippen LogP contribution >= 0.6 is 0 Å². The Bertz CT molecular complexity index is 1620. The molecule has 1 atom stereocenters. The Balaban J connectivity index is 1.37. The summed E-state index contributed by atoms with van der Waals surface area (Å²) in [5, 5.41) is 13.9. The van der Waals surface area contributed by atoms with E-state index in [1.54, 1.807) is 0 Å². The average molecular weight is 520 g/mol. The molecule has 0 unspecified atom stereocenters. The number of H-pyrrole nitrogens is 1. The number of hydrogen-bond acceptors (Lipinski definition) is 6. The summed E-state index contributed by atoms with van der Waals surface area (Å²) in [6, 6.07) is 26.6. The molecule has 39 heavy (non-hydrogen) atoms. The lowest BCUT2D eigenvalue weighted by atomic mass is 10.00. The van der Waals surface area contributed by atoms with Gasteiger partial charge in [-0.3, -0.25) is 14.6 Å². The van der Waals surface area contributed by atoms with Crippen LogP contribution in [0, 0.1) is 13.8 Å². The van der Waals surface area contributed by atoms with Crippen molar-refractivity contribution in [3.05, 3.63) is 123 Å². The summed E-state index contributed by atoms with van der Waals surface area (Å²) in [6.45, 7) is 8.98. The largest absolute Gasteiger partial charge is 0.321 e. The molecule has 0 saturated carbocycles. The molecule has 198 valence electrons. The smallest absolute Gasteiger partial charge is 0.253 e. The van der Waals surface area contributed by atoms with Gasteiger partial charge in [-0.15, -0.1) is 5.10 Å². The van der Waals surface area contributed by atoms with Crippen molar-refractivity contribution >= 4 is 10.9 Å². The van der Waals surface area contributed by atoms with E-state index in [9.17, 15) is 4.79 Å². The predicted octanol–water partition coefficient (Wildman–Crippen LogP) is 4.09. The second-order valence-corrected chi connectivity index (χ2v) is 10.5. The van der Waals surface area contributed by atoms with Gasteiger partial charge in [-0.05, 0) is 58.5 Å². The molecule has 1 aliphatic rings. The fourth-order valence-electron chi connectivity index (χ4n) is 5.70. The fraction of sp³-hybridized carbons (Fsp3) is 0.290. The van der Waals surface area contributed by atoms with Crippen molar-refractivity contribution < 1.29 is 0 Å². The molecule has 1 fully saturated rings. The van der Waals surface area contributed by atoms with Crippen molar-refractivity contribution in [1.29, 1.82) is 0 Å². The molecule has 2 aromatic heterocycles. The normalized spacial score (nSPS) is 15.5. The molecule has 3 heterocycles. The van der Waals surface area contributed by atoms with E-state index in [0.29, 0.717) is 17.9 Å². The zero-order valence-corrected chi connectivity index (χ0v) is 22.4. The van der Waals surface area contributed by atoms with Gasteiger partial charge in [0.2, 0.25) is 0 Å². The van der Waals surface area contributed by atoms with E-state index < -0.39 is 0 Å². The first-order valence-corrected chi connectivity index (χ1v) is 13.5. The highest BCUT2D eigenvalue weighted by Crippen LogP contribution is 2.29. The highest BCUT2D eigenvalue weighted by molar-refractivity contribution is 5.83. The van der Waals surface area contributed by atoms with E-state index in [2.05, 4.69) is 91.8 Å². The second kappa shape index (κ2) is 10.9. The number of aromatic nitrogens is 5. The molecule has 8 heteroatoms. The van der Waals surface area contributed by atoms with E-state index in [1.165, 1.54) is 5.56 Å². The molecule has 3 aromatic carbocycles. The minimum absolute atomic E-state index is 0.0968. The van der Waals surface area contributed by atoms with Gasteiger partial charge in [-0.1, -0.05) is 72.3 Å². The fourth-order valence-corrected chi connectivity index (χ4v) is 5.70. The van der Waals surface area contributed by atoms with E-state index in [-0.39, 0.29) is 11.6 Å². The van der Waals surface area contributed by atoms with E-state index >= 15 is 0 Å². The zero-order chi connectivity index (χ0) is 26.8. The van der Waals surface area contributed by atoms with Crippen LogP contribution in [0.25, 0.3) is 10.9 Å². The van der Waals surface area contributed by atoms with Gasteiger partial charge >= 0.3 is 0 Å². The molecule has 1 N–H and O–H groups in total. The Kier molecular flexibility index (Phi) is 7.04. The Morgan fingerprint density at radius 2 is 1.51 bits per heavy atom. The number of pyridine rings is 1. The minimum Gasteiger partial charge on any atom is -0.321 e. The lowest BCUT2D eigenvalue weighted by molar-refractivity contribution is 0.0998. The number of hydrogen-bond donors (Lipinski definition) is 1. The van der Waals surface area contributed by atoms with E-state index in [4.69, 9.17) is 0 Å². The second-order valence-electron chi connectivity index (χ2n) is 10.5. The third-order valence-electron chi connectivity index (χ3n) is 7.62. The van der Waals surface area contributed by atoms with Gasteiger partial charge < -0.3 is 4.98 Å². The molecular formula is C31H33N7O. The molecule has 0 radical (unpaired) electrons. The average Bonchev–Trinajstić information content (AvgIpc) is 3.39. The van der Waals surface area contributed by atoms with Crippen LogP contribution in [0.5, 0.6) is 0 Å². The molecular weight excluding hydrogens is 486 g/mol. The summed E-state index contributed by atoms with van der Waals surface area (Å²) in [7, 11) is 0. The maximum atomic E-state index is 13.7. The number of piperazine rings is 1. The number of aromatic amines is 1. The van der Waals surface area contributed by atoms with Crippen molar-refractivity contribution in [2.24, 2.45) is 0 Å². The molecule has 6 rings (SSSR count). The van der Waals surface area contributed by atoms with Gasteiger partial charge in [0.1, 0.15) is 6.04 Å². The molecule has 5 aromatic rings. The summed E-state index contributed by atoms with van der Waals surface area (Å²) >= 11 is 0. The predicted molar refractivity (Wildman–Crippen MR) is 153 cm³/mol. The summed E-state index contributed by atoms with van der Waals surface area (Å²) < 4.78 is 1.83. The number of rotatable bonds is 7. The number of nitrogens with one attached hydrogen (secondary N) is 1. The van der Waals surface area contributed by atoms with Gasteiger partial charge in [-0.25, -0.2) is 4.68 Å². The molecule has 0 aliphatic carbocycles. The SMILES string of the molecule is Cc1cc(C)c2[nH]c(=O)c([C@H](c3nnnn3Cc3ccccc3)N3CCN(Cc4ccccc4)CC3)cc2c1. The van der Waals surface area contributed by atoms with Crippen LogP contribution in [0.4, 0.5) is 0 Å². The van der Waals surface area contributed by atoms with Crippen molar-refractivity contribution in [3.8, 4) is 0 Å². The molecule has 0 spiro atoms. The van der Waals surface area contributed by atoms with Gasteiger partial charge in [0, 0.05) is 38.3 Å². The summed E-state index contributed by atoms with van der Waals surface area (Å²) in [6.07, 6.45) is 0. The summed E-state index contributed by atoms with van der Waals surface area (Å²) in [4.78, 5) is 21.7. The summed E-state index contributed by atoms with van der Waals surface area (Å²) in [5.41, 5.74) is 6.10. The van der Waals surface area contributed by atoms with Crippen LogP contribution < -0.4 is 5.56 Å². The molecule has 1 saturated heterocycles. The molecule has 0 bridgehead atoms. The first-order valence-electron chi connectivity index (χ1n) is 13.5. The van der Waals surface area contributed by atoms with Gasteiger partial charge in [0.25, 0.3) is 5.56 Å². The Morgan fingerprint density at radius 3 is 2.21 bits per heavy atom. The third-order valence-corrected chi connectivity index (χ3v) is 7.62. The highest BCUT2D eigenvalue weighted by Gasteiger charge is 2.32. The lowest BCUT2D eigenvalue weighted by Crippen LogP contribution is -2.48. The number of tetrazole rings is 1. The summed E-state index contributed by atoms with van der Waals surface area (Å²) in [5.74, 6) is 0.685. The van der Waals surface area contributed by atoms with Crippen LogP contribution in [-0.2, 0) is 13.1 Å². The van der Waals surface area contributed by atoms with Gasteiger partial charge in [0.15, 0.2) is 5.82 Å². The monoisotopic (exact) mass is 519 g/mol. The zero-order valence-electron chi connectivity index (χ0n) is 22.4. The Labute approximate surface area is 227 Å².